The zero-order chi connectivity index (χ0) is 15.5. The van der Waals surface area contributed by atoms with Crippen molar-refractivity contribution in [3.8, 4) is 0 Å². The van der Waals surface area contributed by atoms with E-state index in [1.165, 1.54) is 5.56 Å². The van der Waals surface area contributed by atoms with Crippen LogP contribution in [0.4, 0.5) is 0 Å². The smallest absolute Gasteiger partial charge is 0.122 e. The molecule has 1 aliphatic heterocycles. The molecule has 1 aromatic heterocycles. The molecule has 1 N–H and O–H groups in total. The van der Waals surface area contributed by atoms with Gasteiger partial charge < -0.3 is 9.73 Å². The average Bonchev–Trinajstić information content (AvgIpc) is 2.83. The summed E-state index contributed by atoms with van der Waals surface area (Å²) in [7, 11) is 0. The van der Waals surface area contributed by atoms with E-state index in [-0.39, 0.29) is 5.54 Å². The lowest BCUT2D eigenvalue weighted by atomic mass is 10.0. The van der Waals surface area contributed by atoms with Gasteiger partial charge in [0.05, 0.1) is 12.8 Å². The van der Waals surface area contributed by atoms with Crippen molar-refractivity contribution in [1.82, 2.24) is 15.1 Å². The Hall–Kier alpha value is -0.840. The molecule has 1 saturated heterocycles. The maximum Gasteiger partial charge on any atom is 0.122 e. The summed E-state index contributed by atoms with van der Waals surface area (Å²) in [5.74, 6) is 1.09. The van der Waals surface area contributed by atoms with Crippen LogP contribution in [0.25, 0.3) is 0 Å². The van der Waals surface area contributed by atoms with Crippen molar-refractivity contribution in [3.63, 3.8) is 0 Å². The fourth-order valence-electron chi connectivity index (χ4n) is 2.78. The number of nitrogens with zero attached hydrogens (tertiary/aromatic N) is 2. The van der Waals surface area contributed by atoms with Crippen molar-refractivity contribution >= 4 is 0 Å². The van der Waals surface area contributed by atoms with Gasteiger partial charge in [-0.3, -0.25) is 9.80 Å². The summed E-state index contributed by atoms with van der Waals surface area (Å²) in [4.78, 5) is 5.10. The minimum Gasteiger partial charge on any atom is -0.468 e. The third kappa shape index (κ3) is 4.83. The molecule has 120 valence electrons. The van der Waals surface area contributed by atoms with E-state index in [1.54, 1.807) is 0 Å². The highest BCUT2D eigenvalue weighted by Crippen LogP contribution is 2.19. The van der Waals surface area contributed by atoms with Gasteiger partial charge in [0.15, 0.2) is 0 Å². The van der Waals surface area contributed by atoms with Gasteiger partial charge in [-0.2, -0.15) is 0 Å². The Bertz CT molecular complexity index is 425. The fraction of sp³-hybridized carbons (Fsp3) is 0.765. The van der Waals surface area contributed by atoms with Crippen LogP contribution < -0.4 is 5.32 Å². The first-order valence-electron chi connectivity index (χ1n) is 8.12. The summed E-state index contributed by atoms with van der Waals surface area (Å²) < 4.78 is 5.63. The molecule has 4 nitrogen and oxygen atoms in total. The molecule has 1 fully saturated rings. The monoisotopic (exact) mass is 293 g/mol. The Morgan fingerprint density at radius 2 is 1.86 bits per heavy atom. The highest BCUT2D eigenvalue weighted by molar-refractivity contribution is 5.17. The van der Waals surface area contributed by atoms with Crippen molar-refractivity contribution in [2.45, 2.75) is 59.3 Å². The molecule has 0 aliphatic carbocycles. The third-order valence-corrected chi connectivity index (χ3v) is 4.22. The maximum absolute atomic E-state index is 5.63. The first-order chi connectivity index (χ1) is 9.86. The molecule has 0 bridgehead atoms. The van der Waals surface area contributed by atoms with Crippen LogP contribution in [0.2, 0.25) is 0 Å². The van der Waals surface area contributed by atoms with Crippen molar-refractivity contribution < 1.29 is 4.42 Å². The molecule has 1 aliphatic rings. The van der Waals surface area contributed by atoms with E-state index in [0.29, 0.717) is 6.04 Å². The lowest BCUT2D eigenvalue weighted by Crippen LogP contribution is -2.53. The molecule has 0 atom stereocenters. The fourth-order valence-corrected chi connectivity index (χ4v) is 2.78. The predicted octanol–water partition coefficient (Wildman–Crippen LogP) is 2.69. The maximum atomic E-state index is 5.63. The van der Waals surface area contributed by atoms with Gasteiger partial charge in [0.1, 0.15) is 5.76 Å². The van der Waals surface area contributed by atoms with Crippen LogP contribution in [-0.2, 0) is 13.1 Å². The quantitative estimate of drug-likeness (QED) is 0.904. The Balaban J connectivity index is 1.85. The summed E-state index contributed by atoms with van der Waals surface area (Å²) in [5.41, 5.74) is 1.61. The predicted molar refractivity (Wildman–Crippen MR) is 87.3 cm³/mol. The van der Waals surface area contributed by atoms with Gasteiger partial charge >= 0.3 is 0 Å². The first-order valence-corrected chi connectivity index (χ1v) is 8.12. The summed E-state index contributed by atoms with van der Waals surface area (Å²) in [5, 5.41) is 3.43. The summed E-state index contributed by atoms with van der Waals surface area (Å²) in [6.45, 7) is 17.6. The van der Waals surface area contributed by atoms with Crippen LogP contribution in [0.1, 0.15) is 45.9 Å². The van der Waals surface area contributed by atoms with Crippen LogP contribution in [-0.4, -0.2) is 47.6 Å². The van der Waals surface area contributed by atoms with Crippen molar-refractivity contribution in [2.75, 3.05) is 26.2 Å². The van der Waals surface area contributed by atoms with E-state index in [9.17, 15) is 0 Å². The molecular formula is C17H31N3O. The normalized spacial score (nSPS) is 18.6. The van der Waals surface area contributed by atoms with Gasteiger partial charge in [-0.05, 0) is 26.8 Å². The van der Waals surface area contributed by atoms with Crippen molar-refractivity contribution in [2.24, 2.45) is 0 Å². The van der Waals surface area contributed by atoms with Crippen molar-refractivity contribution in [1.29, 1.82) is 0 Å². The second-order valence-electron chi connectivity index (χ2n) is 7.34. The summed E-state index contributed by atoms with van der Waals surface area (Å²) >= 11 is 0. The molecule has 0 radical (unpaired) electrons. The minimum atomic E-state index is 0.286. The zero-order valence-corrected chi connectivity index (χ0v) is 14.3. The molecule has 0 unspecified atom stereocenters. The standard InChI is InChI=1S/C17H31N3O/c1-14(2)18-12-16-15(6-11-21-16)13-19-7-9-20(10-8-19)17(3,4)5/h6,11,14,18H,7-10,12-13H2,1-5H3. The van der Waals surface area contributed by atoms with Crippen molar-refractivity contribution in [3.05, 3.63) is 23.7 Å². The Morgan fingerprint density at radius 1 is 1.19 bits per heavy atom. The molecule has 1 aromatic rings. The highest BCUT2D eigenvalue weighted by Gasteiger charge is 2.26. The third-order valence-electron chi connectivity index (χ3n) is 4.22. The van der Waals surface area contributed by atoms with Crippen LogP contribution in [0.5, 0.6) is 0 Å². The van der Waals surface area contributed by atoms with Gasteiger partial charge in [-0.1, -0.05) is 13.8 Å². The van der Waals surface area contributed by atoms with E-state index in [2.05, 4.69) is 55.8 Å². The number of hydrogen-bond donors (Lipinski definition) is 1. The Kier molecular flexibility index (Phi) is 5.47. The van der Waals surface area contributed by atoms with Crippen LogP contribution >= 0.6 is 0 Å². The van der Waals surface area contributed by atoms with E-state index in [4.69, 9.17) is 4.42 Å². The molecule has 0 saturated carbocycles. The van der Waals surface area contributed by atoms with Crippen LogP contribution in [0.3, 0.4) is 0 Å². The molecule has 21 heavy (non-hydrogen) atoms. The summed E-state index contributed by atoms with van der Waals surface area (Å²) in [6, 6.07) is 2.60. The highest BCUT2D eigenvalue weighted by atomic mass is 16.3. The Labute approximate surface area is 129 Å². The molecule has 0 spiro atoms. The number of hydrogen-bond acceptors (Lipinski definition) is 4. The van der Waals surface area contributed by atoms with Gasteiger partial charge in [-0.25, -0.2) is 0 Å². The van der Waals surface area contributed by atoms with E-state index in [1.807, 2.05) is 6.26 Å². The van der Waals surface area contributed by atoms with Gasteiger partial charge in [0.2, 0.25) is 0 Å². The second kappa shape index (κ2) is 6.95. The second-order valence-corrected chi connectivity index (χ2v) is 7.34. The lowest BCUT2D eigenvalue weighted by Gasteiger charge is -2.42. The Morgan fingerprint density at radius 3 is 2.43 bits per heavy atom. The van der Waals surface area contributed by atoms with Crippen LogP contribution in [0, 0.1) is 0 Å². The first kappa shape index (κ1) is 16.5. The van der Waals surface area contributed by atoms with Gasteiger partial charge in [0, 0.05) is 49.9 Å². The number of piperazine rings is 1. The van der Waals surface area contributed by atoms with Gasteiger partial charge in [-0.15, -0.1) is 0 Å². The lowest BCUT2D eigenvalue weighted by molar-refractivity contribution is 0.0588. The van der Waals surface area contributed by atoms with E-state index >= 15 is 0 Å². The molecule has 4 heteroatoms. The molecule has 0 aromatic carbocycles. The van der Waals surface area contributed by atoms with Gasteiger partial charge in [0.25, 0.3) is 0 Å². The largest absolute Gasteiger partial charge is 0.468 e. The SMILES string of the molecule is CC(C)NCc1occc1CN1CCN(C(C)(C)C)CC1. The van der Waals surface area contributed by atoms with E-state index in [0.717, 1.165) is 45.0 Å². The van der Waals surface area contributed by atoms with Crippen LogP contribution in [0.15, 0.2) is 16.7 Å². The number of nitrogens with one attached hydrogen (secondary N) is 1. The summed E-state index contributed by atoms with van der Waals surface area (Å²) in [6.07, 6.45) is 1.82. The number of furan rings is 1. The average molecular weight is 293 g/mol. The minimum absolute atomic E-state index is 0.286. The zero-order valence-electron chi connectivity index (χ0n) is 14.3. The molecule has 0 amide bonds. The number of rotatable bonds is 5. The molecule has 2 heterocycles. The van der Waals surface area contributed by atoms with E-state index < -0.39 is 0 Å². The molecule has 2 rings (SSSR count). The topological polar surface area (TPSA) is 31.7 Å². The molecular weight excluding hydrogens is 262 g/mol.